The maximum atomic E-state index is 13.5. The Bertz CT molecular complexity index is 393. The number of nitrogens with one attached hydrogen (secondary N) is 1. The third-order valence-electron chi connectivity index (χ3n) is 3.43. The molecule has 0 bridgehead atoms. The van der Waals surface area contributed by atoms with Crippen molar-refractivity contribution in [2.45, 2.75) is 25.8 Å². The molecule has 2 nitrogen and oxygen atoms in total. The van der Waals surface area contributed by atoms with Crippen molar-refractivity contribution >= 4 is 15.9 Å². The summed E-state index contributed by atoms with van der Waals surface area (Å²) < 4.78 is 14.3. The Labute approximate surface area is 109 Å². The van der Waals surface area contributed by atoms with Crippen LogP contribution in [0.15, 0.2) is 22.7 Å². The maximum absolute atomic E-state index is 13.5. The Morgan fingerprint density at radius 3 is 2.76 bits per heavy atom. The third-order valence-corrected chi connectivity index (χ3v) is 3.92. The number of halogens is 2. The molecular weight excluding hydrogens is 285 g/mol. The maximum Gasteiger partial charge on any atom is 0.128 e. The fourth-order valence-corrected chi connectivity index (χ4v) is 2.39. The predicted octanol–water partition coefficient (Wildman–Crippen LogP) is 2.84. The zero-order valence-electron chi connectivity index (χ0n) is 9.68. The Hall–Kier alpha value is -0.450. The SMILES string of the molecule is OCCC1(CNCc2ccc(Br)cc2F)CC1. The highest BCUT2D eigenvalue weighted by molar-refractivity contribution is 9.10. The minimum Gasteiger partial charge on any atom is -0.396 e. The van der Waals surface area contributed by atoms with Gasteiger partial charge in [-0.25, -0.2) is 4.39 Å². The van der Waals surface area contributed by atoms with Gasteiger partial charge in [-0.1, -0.05) is 22.0 Å². The van der Waals surface area contributed by atoms with Gasteiger partial charge in [-0.3, -0.25) is 0 Å². The van der Waals surface area contributed by atoms with E-state index in [4.69, 9.17) is 5.11 Å². The Kier molecular flexibility index (Phi) is 4.17. The predicted molar refractivity (Wildman–Crippen MR) is 69.2 cm³/mol. The molecule has 0 spiro atoms. The van der Waals surface area contributed by atoms with Gasteiger partial charge in [0.05, 0.1) is 0 Å². The number of rotatable bonds is 6. The summed E-state index contributed by atoms with van der Waals surface area (Å²) in [4.78, 5) is 0. The first-order chi connectivity index (χ1) is 8.15. The van der Waals surface area contributed by atoms with Crippen LogP contribution < -0.4 is 5.32 Å². The van der Waals surface area contributed by atoms with Gasteiger partial charge in [0.1, 0.15) is 5.82 Å². The average Bonchev–Trinajstić information content (AvgIpc) is 3.02. The molecule has 0 unspecified atom stereocenters. The van der Waals surface area contributed by atoms with E-state index in [1.807, 2.05) is 6.07 Å². The topological polar surface area (TPSA) is 32.3 Å². The quantitative estimate of drug-likeness (QED) is 0.847. The first-order valence-corrected chi connectivity index (χ1v) is 6.70. The molecule has 0 radical (unpaired) electrons. The van der Waals surface area contributed by atoms with Crippen LogP contribution in [0.3, 0.4) is 0 Å². The molecule has 0 aliphatic heterocycles. The first-order valence-electron chi connectivity index (χ1n) is 5.91. The van der Waals surface area contributed by atoms with Gasteiger partial charge in [-0.2, -0.15) is 0 Å². The number of aliphatic hydroxyl groups excluding tert-OH is 1. The minimum absolute atomic E-state index is 0.182. The monoisotopic (exact) mass is 301 g/mol. The van der Waals surface area contributed by atoms with Crippen LogP contribution >= 0.6 is 15.9 Å². The molecule has 0 saturated heterocycles. The number of hydrogen-bond donors (Lipinski definition) is 2. The van der Waals surface area contributed by atoms with Crippen molar-refractivity contribution in [3.8, 4) is 0 Å². The molecule has 1 aliphatic carbocycles. The van der Waals surface area contributed by atoms with Crippen molar-refractivity contribution < 1.29 is 9.50 Å². The second kappa shape index (κ2) is 5.46. The summed E-state index contributed by atoms with van der Waals surface area (Å²) in [6.07, 6.45) is 3.19. The third kappa shape index (κ3) is 3.50. The fourth-order valence-electron chi connectivity index (χ4n) is 2.06. The van der Waals surface area contributed by atoms with Crippen molar-refractivity contribution in [3.63, 3.8) is 0 Å². The molecule has 1 fully saturated rings. The smallest absolute Gasteiger partial charge is 0.128 e. The van der Waals surface area contributed by atoms with Crippen LogP contribution in [0.25, 0.3) is 0 Å². The summed E-state index contributed by atoms with van der Waals surface area (Å²) in [5.74, 6) is -0.182. The zero-order chi connectivity index (χ0) is 12.3. The molecule has 1 aliphatic rings. The molecule has 94 valence electrons. The van der Waals surface area contributed by atoms with E-state index >= 15 is 0 Å². The summed E-state index contributed by atoms with van der Waals surface area (Å²) in [6.45, 7) is 1.66. The Balaban J connectivity index is 1.82. The summed E-state index contributed by atoms with van der Waals surface area (Å²) in [5.41, 5.74) is 0.966. The highest BCUT2D eigenvalue weighted by atomic mass is 79.9. The molecule has 0 heterocycles. The van der Waals surface area contributed by atoms with Crippen LogP contribution in [-0.4, -0.2) is 18.3 Å². The molecule has 0 aromatic heterocycles. The van der Waals surface area contributed by atoms with Crippen molar-refractivity contribution in [1.29, 1.82) is 0 Å². The summed E-state index contributed by atoms with van der Waals surface area (Å²) in [5, 5.41) is 12.2. The zero-order valence-corrected chi connectivity index (χ0v) is 11.3. The van der Waals surface area contributed by atoms with Gasteiger partial charge in [0, 0.05) is 29.7 Å². The number of aliphatic hydroxyl groups is 1. The molecule has 17 heavy (non-hydrogen) atoms. The molecule has 2 N–H and O–H groups in total. The van der Waals surface area contributed by atoms with Crippen molar-refractivity contribution in [2.75, 3.05) is 13.2 Å². The lowest BCUT2D eigenvalue weighted by atomic mass is 10.0. The first kappa shape index (κ1) is 13.0. The van der Waals surface area contributed by atoms with Gasteiger partial charge in [-0.15, -0.1) is 0 Å². The van der Waals surface area contributed by atoms with Crippen molar-refractivity contribution in [2.24, 2.45) is 5.41 Å². The lowest BCUT2D eigenvalue weighted by molar-refractivity contribution is 0.245. The van der Waals surface area contributed by atoms with Gasteiger partial charge in [-0.05, 0) is 36.8 Å². The van der Waals surface area contributed by atoms with Crippen molar-refractivity contribution in [1.82, 2.24) is 5.32 Å². The summed E-state index contributed by atoms with van der Waals surface area (Å²) >= 11 is 3.24. The molecule has 1 saturated carbocycles. The van der Waals surface area contributed by atoms with E-state index in [1.54, 1.807) is 6.07 Å². The van der Waals surface area contributed by atoms with Crippen LogP contribution in [-0.2, 0) is 6.54 Å². The van der Waals surface area contributed by atoms with E-state index in [2.05, 4.69) is 21.2 Å². The second-order valence-corrected chi connectivity index (χ2v) is 5.73. The molecule has 4 heteroatoms. The summed E-state index contributed by atoms with van der Waals surface area (Å²) in [7, 11) is 0. The van der Waals surface area contributed by atoms with Crippen LogP contribution in [0.5, 0.6) is 0 Å². The lowest BCUT2D eigenvalue weighted by Gasteiger charge is -2.14. The van der Waals surface area contributed by atoms with Gasteiger partial charge in [0.15, 0.2) is 0 Å². The van der Waals surface area contributed by atoms with E-state index in [1.165, 1.54) is 18.9 Å². The van der Waals surface area contributed by atoms with Crippen molar-refractivity contribution in [3.05, 3.63) is 34.1 Å². The van der Waals surface area contributed by atoms with Crippen LogP contribution in [0.4, 0.5) is 4.39 Å². The molecule has 0 atom stereocenters. The normalized spacial score (nSPS) is 17.1. The van der Waals surface area contributed by atoms with Crippen LogP contribution in [0.1, 0.15) is 24.8 Å². The molecule has 1 aromatic rings. The van der Waals surface area contributed by atoms with E-state index in [9.17, 15) is 4.39 Å². The van der Waals surface area contributed by atoms with Gasteiger partial charge >= 0.3 is 0 Å². The second-order valence-electron chi connectivity index (χ2n) is 4.81. The largest absolute Gasteiger partial charge is 0.396 e. The van der Waals surface area contributed by atoms with E-state index in [-0.39, 0.29) is 17.8 Å². The molecule has 1 aromatic carbocycles. The molecule has 0 amide bonds. The van der Waals surface area contributed by atoms with Gasteiger partial charge in [0.25, 0.3) is 0 Å². The highest BCUT2D eigenvalue weighted by Crippen LogP contribution is 2.47. The van der Waals surface area contributed by atoms with E-state index < -0.39 is 0 Å². The Morgan fingerprint density at radius 1 is 1.41 bits per heavy atom. The van der Waals surface area contributed by atoms with Crippen LogP contribution in [0, 0.1) is 11.2 Å². The molecular formula is C13H17BrFNO. The standard InChI is InChI=1S/C13H17BrFNO/c14-11-2-1-10(12(15)7-11)8-16-9-13(3-4-13)5-6-17/h1-2,7,16-17H,3-6,8-9H2. The number of hydrogen-bond acceptors (Lipinski definition) is 2. The van der Waals surface area contributed by atoms with Gasteiger partial charge < -0.3 is 10.4 Å². The lowest BCUT2D eigenvalue weighted by Crippen LogP contribution is -2.24. The number of benzene rings is 1. The summed E-state index contributed by atoms with van der Waals surface area (Å²) in [6, 6.07) is 5.12. The van der Waals surface area contributed by atoms with E-state index in [0.717, 1.165) is 17.4 Å². The highest BCUT2D eigenvalue weighted by Gasteiger charge is 2.41. The fraction of sp³-hybridized carbons (Fsp3) is 0.538. The average molecular weight is 302 g/mol. The van der Waals surface area contributed by atoms with Gasteiger partial charge in [0.2, 0.25) is 0 Å². The van der Waals surface area contributed by atoms with E-state index in [0.29, 0.717) is 12.1 Å². The minimum atomic E-state index is -0.182. The van der Waals surface area contributed by atoms with Crippen LogP contribution in [0.2, 0.25) is 0 Å². The Morgan fingerprint density at radius 2 is 2.18 bits per heavy atom. The molecule has 2 rings (SSSR count).